The van der Waals surface area contributed by atoms with Crippen LogP contribution >= 0.6 is 15.9 Å². The molecule has 0 unspecified atom stereocenters. The van der Waals surface area contributed by atoms with Crippen LogP contribution in [0.5, 0.6) is 5.75 Å². The molecule has 0 spiro atoms. The number of carbonyl (C=O) groups excluding carboxylic acids is 1. The molecule has 102 valence electrons. The summed E-state index contributed by atoms with van der Waals surface area (Å²) >= 11 is 3.06. The Balaban J connectivity index is 3.18. The molecule has 0 aliphatic heterocycles. The van der Waals surface area contributed by atoms with Crippen LogP contribution in [0.2, 0.25) is 0 Å². The maximum Gasteiger partial charge on any atom is 0.573 e. The van der Waals surface area contributed by atoms with E-state index in [1.54, 1.807) is 6.07 Å². The van der Waals surface area contributed by atoms with Crippen LogP contribution in [0.25, 0.3) is 0 Å². The molecule has 0 bridgehead atoms. The van der Waals surface area contributed by atoms with Gasteiger partial charge in [0.1, 0.15) is 11.8 Å². The van der Waals surface area contributed by atoms with Gasteiger partial charge in [0.25, 0.3) is 0 Å². The van der Waals surface area contributed by atoms with Gasteiger partial charge in [0, 0.05) is 4.47 Å². The largest absolute Gasteiger partial charge is 0.573 e. The van der Waals surface area contributed by atoms with Gasteiger partial charge in [0.2, 0.25) is 0 Å². The van der Waals surface area contributed by atoms with Crippen LogP contribution in [0, 0.1) is 11.3 Å². The molecule has 0 saturated carbocycles. The van der Waals surface area contributed by atoms with Crippen molar-refractivity contribution in [3.8, 4) is 11.8 Å². The molecule has 1 aromatic rings. The minimum absolute atomic E-state index is 0.227. The van der Waals surface area contributed by atoms with Crippen molar-refractivity contribution < 1.29 is 27.4 Å². The van der Waals surface area contributed by atoms with Gasteiger partial charge in [0.05, 0.1) is 19.1 Å². The van der Waals surface area contributed by atoms with Crippen molar-refractivity contribution in [2.75, 3.05) is 7.11 Å². The highest BCUT2D eigenvalue weighted by Crippen LogP contribution is 2.31. The topological polar surface area (TPSA) is 59.3 Å². The summed E-state index contributed by atoms with van der Waals surface area (Å²) in [6.45, 7) is 0. The Morgan fingerprint density at radius 2 is 2.11 bits per heavy atom. The SMILES string of the molecule is COC(=O)Cc1cc(OC(F)(F)F)c(C#N)cc1Br. The van der Waals surface area contributed by atoms with E-state index in [0.29, 0.717) is 4.47 Å². The van der Waals surface area contributed by atoms with Gasteiger partial charge in [-0.1, -0.05) is 15.9 Å². The van der Waals surface area contributed by atoms with Gasteiger partial charge in [-0.05, 0) is 17.7 Å². The number of ether oxygens (including phenoxy) is 2. The number of carbonyl (C=O) groups is 1. The second-order valence-corrected chi connectivity index (χ2v) is 4.21. The summed E-state index contributed by atoms with van der Waals surface area (Å²) in [7, 11) is 1.16. The first kappa shape index (κ1) is 15.3. The second-order valence-electron chi connectivity index (χ2n) is 3.35. The Labute approximate surface area is 114 Å². The van der Waals surface area contributed by atoms with E-state index in [-0.39, 0.29) is 17.5 Å². The molecular weight excluding hydrogens is 331 g/mol. The zero-order valence-electron chi connectivity index (χ0n) is 9.55. The van der Waals surface area contributed by atoms with Crippen LogP contribution in [0.4, 0.5) is 13.2 Å². The number of methoxy groups -OCH3 is 1. The first-order valence-corrected chi connectivity index (χ1v) is 5.61. The number of benzene rings is 1. The van der Waals surface area contributed by atoms with Crippen LogP contribution < -0.4 is 4.74 Å². The fraction of sp³-hybridized carbons (Fsp3) is 0.273. The number of rotatable bonds is 3. The van der Waals surface area contributed by atoms with Crippen LogP contribution in [0.1, 0.15) is 11.1 Å². The standard InChI is InChI=1S/C11H7BrF3NO3/c1-18-10(17)4-6-3-9(19-11(13,14)15)7(5-16)2-8(6)12/h2-3H,4H2,1H3. The molecule has 0 aromatic heterocycles. The summed E-state index contributed by atoms with van der Waals surface area (Å²) in [5.41, 5.74) is -0.0667. The third-order valence-corrected chi connectivity index (χ3v) is 2.80. The summed E-state index contributed by atoms with van der Waals surface area (Å²) in [4.78, 5) is 11.1. The molecule has 0 heterocycles. The normalized spacial score (nSPS) is 10.7. The Morgan fingerprint density at radius 1 is 1.47 bits per heavy atom. The molecule has 0 N–H and O–H groups in total. The highest BCUT2D eigenvalue weighted by molar-refractivity contribution is 9.10. The summed E-state index contributed by atoms with van der Waals surface area (Å²) in [5, 5.41) is 8.75. The van der Waals surface area contributed by atoms with Crippen molar-refractivity contribution in [3.63, 3.8) is 0 Å². The van der Waals surface area contributed by atoms with Crippen LogP contribution in [0.15, 0.2) is 16.6 Å². The van der Waals surface area contributed by atoms with Gasteiger partial charge in [-0.15, -0.1) is 13.2 Å². The average Bonchev–Trinajstić information content (AvgIpc) is 2.30. The van der Waals surface area contributed by atoms with Gasteiger partial charge in [-0.25, -0.2) is 0 Å². The zero-order chi connectivity index (χ0) is 14.6. The predicted molar refractivity (Wildman–Crippen MR) is 61.3 cm³/mol. The van der Waals surface area contributed by atoms with E-state index in [1.807, 2.05) is 0 Å². The van der Waals surface area contributed by atoms with Gasteiger partial charge < -0.3 is 9.47 Å². The first-order chi connectivity index (χ1) is 8.76. The third kappa shape index (κ3) is 4.44. The molecule has 1 rings (SSSR count). The molecule has 0 saturated heterocycles. The molecule has 0 aliphatic carbocycles. The van der Waals surface area contributed by atoms with E-state index in [9.17, 15) is 18.0 Å². The lowest BCUT2D eigenvalue weighted by molar-refractivity contribution is -0.274. The van der Waals surface area contributed by atoms with Crippen molar-refractivity contribution in [2.24, 2.45) is 0 Å². The maximum absolute atomic E-state index is 12.2. The highest BCUT2D eigenvalue weighted by Gasteiger charge is 2.32. The lowest BCUT2D eigenvalue weighted by Crippen LogP contribution is -2.18. The zero-order valence-corrected chi connectivity index (χ0v) is 11.1. The average molecular weight is 338 g/mol. The lowest BCUT2D eigenvalue weighted by Gasteiger charge is -2.12. The number of esters is 1. The van der Waals surface area contributed by atoms with Gasteiger partial charge in [-0.3, -0.25) is 4.79 Å². The number of halogens is 4. The summed E-state index contributed by atoms with van der Waals surface area (Å²) in [6, 6.07) is 3.71. The van der Waals surface area contributed by atoms with E-state index in [2.05, 4.69) is 25.4 Å². The molecule has 19 heavy (non-hydrogen) atoms. The quantitative estimate of drug-likeness (QED) is 0.795. The minimum Gasteiger partial charge on any atom is -0.469 e. The molecule has 4 nitrogen and oxygen atoms in total. The Bertz CT molecular complexity index is 537. The van der Waals surface area contributed by atoms with Crippen LogP contribution in [-0.4, -0.2) is 19.4 Å². The van der Waals surface area contributed by atoms with Gasteiger partial charge in [0.15, 0.2) is 0 Å². The lowest BCUT2D eigenvalue weighted by atomic mass is 10.1. The monoisotopic (exact) mass is 337 g/mol. The molecule has 0 fully saturated rings. The summed E-state index contributed by atoms with van der Waals surface area (Å²) < 4.78 is 45.0. The van der Waals surface area contributed by atoms with Crippen molar-refractivity contribution in [1.82, 2.24) is 0 Å². The molecule has 0 amide bonds. The fourth-order valence-electron chi connectivity index (χ4n) is 1.26. The predicted octanol–water partition coefficient (Wildman–Crippen LogP) is 2.93. The van der Waals surface area contributed by atoms with E-state index < -0.39 is 18.1 Å². The molecule has 0 radical (unpaired) electrons. The van der Waals surface area contributed by atoms with Crippen molar-refractivity contribution >= 4 is 21.9 Å². The summed E-state index contributed by atoms with van der Waals surface area (Å²) in [5.74, 6) is -1.28. The first-order valence-electron chi connectivity index (χ1n) is 4.82. The second kappa shape index (κ2) is 5.93. The summed E-state index contributed by atoms with van der Waals surface area (Å²) in [6.07, 6.45) is -5.15. The Hall–Kier alpha value is -1.75. The number of hydrogen-bond acceptors (Lipinski definition) is 4. The number of nitrogens with zero attached hydrogens (tertiary/aromatic N) is 1. The van der Waals surface area contributed by atoms with Crippen molar-refractivity contribution in [2.45, 2.75) is 12.8 Å². The molecular formula is C11H7BrF3NO3. The third-order valence-electron chi connectivity index (χ3n) is 2.06. The van der Waals surface area contributed by atoms with Crippen LogP contribution in [-0.2, 0) is 16.0 Å². The smallest absolute Gasteiger partial charge is 0.469 e. The molecule has 0 atom stereocenters. The maximum atomic E-state index is 12.2. The van der Waals surface area contributed by atoms with E-state index in [0.717, 1.165) is 19.2 Å². The number of hydrogen-bond donors (Lipinski definition) is 0. The fourth-order valence-corrected chi connectivity index (χ4v) is 1.74. The molecule has 1 aromatic carbocycles. The van der Waals surface area contributed by atoms with Gasteiger partial charge >= 0.3 is 12.3 Å². The number of nitriles is 1. The van der Waals surface area contributed by atoms with Gasteiger partial charge in [-0.2, -0.15) is 5.26 Å². The number of alkyl halides is 3. The van der Waals surface area contributed by atoms with E-state index in [4.69, 9.17) is 5.26 Å². The van der Waals surface area contributed by atoms with E-state index >= 15 is 0 Å². The van der Waals surface area contributed by atoms with Crippen LogP contribution in [0.3, 0.4) is 0 Å². The molecule has 0 aliphatic rings. The minimum atomic E-state index is -4.91. The Kier molecular flexibility index (Phi) is 4.78. The molecule has 8 heteroatoms. The van der Waals surface area contributed by atoms with Crippen molar-refractivity contribution in [3.05, 3.63) is 27.7 Å². The highest BCUT2D eigenvalue weighted by atomic mass is 79.9. The van der Waals surface area contributed by atoms with E-state index in [1.165, 1.54) is 0 Å². The van der Waals surface area contributed by atoms with Crippen molar-refractivity contribution in [1.29, 1.82) is 5.26 Å². The Morgan fingerprint density at radius 3 is 2.58 bits per heavy atom.